The second-order valence-corrected chi connectivity index (χ2v) is 4.56. The Morgan fingerprint density at radius 2 is 2.21 bits per heavy atom. The molecule has 0 radical (unpaired) electrons. The molecule has 1 unspecified atom stereocenters. The Balaban J connectivity index is 2.44. The SMILES string of the molecule is Cc1nc(C(C)C)n2c1CC(N)CC2. The van der Waals surface area contributed by atoms with E-state index in [1.807, 2.05) is 0 Å². The van der Waals surface area contributed by atoms with Crippen LogP contribution in [-0.2, 0) is 13.0 Å². The predicted molar refractivity (Wildman–Crippen MR) is 57.3 cm³/mol. The number of imidazole rings is 1. The van der Waals surface area contributed by atoms with Gasteiger partial charge in [-0.1, -0.05) is 13.8 Å². The summed E-state index contributed by atoms with van der Waals surface area (Å²) in [4.78, 5) is 4.63. The Kier molecular flexibility index (Phi) is 2.35. The van der Waals surface area contributed by atoms with Gasteiger partial charge in [-0.15, -0.1) is 0 Å². The number of nitrogens with two attached hydrogens (primary N) is 1. The first kappa shape index (κ1) is 9.71. The molecule has 1 aliphatic rings. The maximum Gasteiger partial charge on any atom is 0.111 e. The van der Waals surface area contributed by atoms with Crippen molar-refractivity contribution in [1.82, 2.24) is 9.55 Å². The number of fused-ring (bicyclic) bond motifs is 1. The zero-order valence-corrected chi connectivity index (χ0v) is 9.25. The Morgan fingerprint density at radius 1 is 1.50 bits per heavy atom. The first-order valence-corrected chi connectivity index (χ1v) is 5.41. The van der Waals surface area contributed by atoms with Gasteiger partial charge in [0, 0.05) is 30.6 Å². The standard InChI is InChI=1S/C11H19N3/c1-7(2)11-13-8(3)10-6-9(12)4-5-14(10)11/h7,9H,4-6,12H2,1-3H3. The lowest BCUT2D eigenvalue weighted by Crippen LogP contribution is -2.31. The van der Waals surface area contributed by atoms with Crippen molar-refractivity contribution < 1.29 is 0 Å². The van der Waals surface area contributed by atoms with Gasteiger partial charge in [-0.2, -0.15) is 0 Å². The topological polar surface area (TPSA) is 43.8 Å². The monoisotopic (exact) mass is 193 g/mol. The molecule has 2 N–H and O–H groups in total. The Hall–Kier alpha value is -0.830. The molecule has 0 fully saturated rings. The number of aryl methyl sites for hydroxylation is 1. The Labute approximate surface area is 85.3 Å². The smallest absolute Gasteiger partial charge is 0.111 e. The molecule has 0 bridgehead atoms. The van der Waals surface area contributed by atoms with Crippen molar-refractivity contribution in [3.63, 3.8) is 0 Å². The van der Waals surface area contributed by atoms with E-state index in [0.717, 1.165) is 19.4 Å². The minimum absolute atomic E-state index is 0.331. The van der Waals surface area contributed by atoms with Crippen LogP contribution in [0.15, 0.2) is 0 Å². The van der Waals surface area contributed by atoms with E-state index in [9.17, 15) is 0 Å². The molecule has 1 aromatic rings. The fourth-order valence-electron chi connectivity index (χ4n) is 2.22. The molecular weight excluding hydrogens is 174 g/mol. The predicted octanol–water partition coefficient (Wildman–Crippen LogP) is 1.59. The minimum atomic E-state index is 0.331. The number of aromatic nitrogens is 2. The zero-order valence-electron chi connectivity index (χ0n) is 9.25. The quantitative estimate of drug-likeness (QED) is 0.736. The first-order valence-electron chi connectivity index (χ1n) is 5.41. The third-order valence-electron chi connectivity index (χ3n) is 3.00. The molecular formula is C11H19N3. The Bertz CT molecular complexity index is 339. The van der Waals surface area contributed by atoms with Crippen molar-refractivity contribution >= 4 is 0 Å². The molecule has 0 aromatic carbocycles. The van der Waals surface area contributed by atoms with Crippen LogP contribution in [-0.4, -0.2) is 15.6 Å². The fraction of sp³-hybridized carbons (Fsp3) is 0.727. The lowest BCUT2D eigenvalue weighted by Gasteiger charge is -2.23. The lowest BCUT2D eigenvalue weighted by molar-refractivity contribution is 0.453. The molecule has 0 amide bonds. The maximum atomic E-state index is 5.96. The van der Waals surface area contributed by atoms with Gasteiger partial charge in [-0.25, -0.2) is 4.98 Å². The molecule has 78 valence electrons. The Morgan fingerprint density at radius 3 is 2.86 bits per heavy atom. The van der Waals surface area contributed by atoms with Gasteiger partial charge in [0.2, 0.25) is 0 Å². The van der Waals surface area contributed by atoms with Crippen molar-refractivity contribution in [1.29, 1.82) is 0 Å². The fourth-order valence-corrected chi connectivity index (χ4v) is 2.22. The highest BCUT2D eigenvalue weighted by Gasteiger charge is 2.22. The van der Waals surface area contributed by atoms with Crippen LogP contribution in [0.3, 0.4) is 0 Å². The summed E-state index contributed by atoms with van der Waals surface area (Å²) in [6.45, 7) is 7.54. The van der Waals surface area contributed by atoms with E-state index in [-0.39, 0.29) is 0 Å². The van der Waals surface area contributed by atoms with Crippen molar-refractivity contribution in [2.45, 2.75) is 52.1 Å². The molecule has 2 rings (SSSR count). The molecule has 2 heterocycles. The highest BCUT2D eigenvalue weighted by Crippen LogP contribution is 2.24. The van der Waals surface area contributed by atoms with E-state index in [2.05, 4.69) is 30.3 Å². The van der Waals surface area contributed by atoms with Gasteiger partial charge in [-0.3, -0.25) is 0 Å². The van der Waals surface area contributed by atoms with Gasteiger partial charge in [0.25, 0.3) is 0 Å². The summed E-state index contributed by atoms with van der Waals surface area (Å²) in [5.74, 6) is 1.74. The molecule has 3 heteroatoms. The summed E-state index contributed by atoms with van der Waals surface area (Å²) in [7, 11) is 0. The first-order chi connectivity index (χ1) is 6.59. The van der Waals surface area contributed by atoms with Crippen LogP contribution >= 0.6 is 0 Å². The van der Waals surface area contributed by atoms with Crippen LogP contribution in [0.25, 0.3) is 0 Å². The summed E-state index contributed by atoms with van der Waals surface area (Å²) in [6.07, 6.45) is 2.08. The molecule has 1 aromatic heterocycles. The van der Waals surface area contributed by atoms with Crippen molar-refractivity contribution in [3.05, 3.63) is 17.2 Å². The average molecular weight is 193 g/mol. The number of rotatable bonds is 1. The van der Waals surface area contributed by atoms with Gasteiger partial charge in [0.05, 0.1) is 5.69 Å². The molecule has 3 nitrogen and oxygen atoms in total. The molecule has 1 aliphatic heterocycles. The maximum absolute atomic E-state index is 5.96. The lowest BCUT2D eigenvalue weighted by atomic mass is 10.0. The zero-order chi connectivity index (χ0) is 10.3. The molecule has 0 saturated heterocycles. The highest BCUT2D eigenvalue weighted by atomic mass is 15.1. The van der Waals surface area contributed by atoms with Gasteiger partial charge in [0.15, 0.2) is 0 Å². The molecule has 0 spiro atoms. The van der Waals surface area contributed by atoms with Crippen LogP contribution in [0.2, 0.25) is 0 Å². The molecule has 1 atom stereocenters. The van der Waals surface area contributed by atoms with E-state index in [1.54, 1.807) is 0 Å². The molecule has 0 saturated carbocycles. The summed E-state index contributed by atoms with van der Waals surface area (Å²) in [6, 6.07) is 0.331. The van der Waals surface area contributed by atoms with E-state index < -0.39 is 0 Å². The summed E-state index contributed by atoms with van der Waals surface area (Å²) < 4.78 is 2.36. The summed E-state index contributed by atoms with van der Waals surface area (Å²) in [5.41, 5.74) is 8.49. The second-order valence-electron chi connectivity index (χ2n) is 4.56. The van der Waals surface area contributed by atoms with E-state index in [1.165, 1.54) is 17.2 Å². The minimum Gasteiger partial charge on any atom is -0.331 e. The van der Waals surface area contributed by atoms with Crippen molar-refractivity contribution in [2.75, 3.05) is 0 Å². The largest absolute Gasteiger partial charge is 0.331 e. The number of hydrogen-bond acceptors (Lipinski definition) is 2. The van der Waals surface area contributed by atoms with E-state index in [0.29, 0.717) is 12.0 Å². The van der Waals surface area contributed by atoms with Crippen molar-refractivity contribution in [2.24, 2.45) is 5.73 Å². The normalized spacial score (nSPS) is 21.4. The highest BCUT2D eigenvalue weighted by molar-refractivity contribution is 5.20. The van der Waals surface area contributed by atoms with Crippen LogP contribution in [0.5, 0.6) is 0 Å². The summed E-state index contributed by atoms with van der Waals surface area (Å²) >= 11 is 0. The van der Waals surface area contributed by atoms with Gasteiger partial charge >= 0.3 is 0 Å². The average Bonchev–Trinajstić information content (AvgIpc) is 2.44. The van der Waals surface area contributed by atoms with Gasteiger partial charge in [0.1, 0.15) is 5.82 Å². The van der Waals surface area contributed by atoms with Gasteiger partial charge < -0.3 is 10.3 Å². The van der Waals surface area contributed by atoms with Crippen LogP contribution in [0.4, 0.5) is 0 Å². The van der Waals surface area contributed by atoms with Gasteiger partial charge in [-0.05, 0) is 13.3 Å². The van der Waals surface area contributed by atoms with E-state index in [4.69, 9.17) is 5.73 Å². The number of nitrogens with zero attached hydrogens (tertiary/aromatic N) is 2. The van der Waals surface area contributed by atoms with Crippen LogP contribution in [0, 0.1) is 6.92 Å². The van der Waals surface area contributed by atoms with E-state index >= 15 is 0 Å². The van der Waals surface area contributed by atoms with Crippen molar-refractivity contribution in [3.8, 4) is 0 Å². The summed E-state index contributed by atoms with van der Waals surface area (Å²) in [5, 5.41) is 0. The molecule has 14 heavy (non-hydrogen) atoms. The third-order valence-corrected chi connectivity index (χ3v) is 3.00. The van der Waals surface area contributed by atoms with Crippen LogP contribution in [0.1, 0.15) is 43.4 Å². The number of hydrogen-bond donors (Lipinski definition) is 1. The molecule has 0 aliphatic carbocycles. The third kappa shape index (κ3) is 1.46. The van der Waals surface area contributed by atoms with Crippen LogP contribution < -0.4 is 5.73 Å². The second kappa shape index (κ2) is 3.39.